The van der Waals surface area contributed by atoms with Gasteiger partial charge in [0.2, 0.25) is 0 Å². The number of aromatic nitrogens is 1. The van der Waals surface area contributed by atoms with Crippen LogP contribution in [0.15, 0.2) is 231 Å². The molecule has 1 heterocycles. The Morgan fingerprint density at radius 2 is 0.859 bits per heavy atom. The zero-order chi connectivity index (χ0) is 48.0. The lowest BCUT2D eigenvalue weighted by Crippen LogP contribution is -2.17. The largest absolute Gasteiger partial charge is 0.497 e. The number of methoxy groups -OCH3 is 1. The van der Waals surface area contributed by atoms with Gasteiger partial charge in [-0.25, -0.2) is 0 Å². The minimum atomic E-state index is -0.149. The molecule has 342 valence electrons. The Morgan fingerprint density at radius 1 is 0.352 bits per heavy atom. The van der Waals surface area contributed by atoms with Crippen LogP contribution in [-0.2, 0) is 10.8 Å². The molecule has 0 bridgehead atoms. The second-order valence-corrected chi connectivity index (χ2v) is 20.1. The molecule has 0 unspecified atom stereocenters. The van der Waals surface area contributed by atoms with E-state index in [9.17, 15) is 0 Å². The fraction of sp³-hybridized carbons (Fsp3) is 0.104. The summed E-state index contributed by atoms with van der Waals surface area (Å²) >= 11 is 0. The van der Waals surface area contributed by atoms with E-state index >= 15 is 0 Å². The first-order valence-electron chi connectivity index (χ1n) is 24.7. The molecule has 0 spiro atoms. The molecule has 0 saturated heterocycles. The fourth-order valence-corrected chi connectivity index (χ4v) is 11.9. The number of nitrogens with zero attached hydrogens (tertiary/aromatic N) is 3. The number of benzene rings is 10. The first kappa shape index (κ1) is 42.5. The van der Waals surface area contributed by atoms with Crippen LogP contribution in [0.25, 0.3) is 60.9 Å². The summed E-state index contributed by atoms with van der Waals surface area (Å²) in [5, 5.41) is 2.42. The summed E-state index contributed by atoms with van der Waals surface area (Å²) in [6, 6.07) is 84.7. The number of ether oxygens (including phenoxy) is 1. The van der Waals surface area contributed by atoms with Gasteiger partial charge in [0, 0.05) is 61.3 Å². The highest BCUT2D eigenvalue weighted by atomic mass is 16.5. The summed E-state index contributed by atoms with van der Waals surface area (Å²) in [6.45, 7) is 9.43. The lowest BCUT2D eigenvalue weighted by Gasteiger charge is -2.31. The Labute approximate surface area is 416 Å². The maximum atomic E-state index is 5.67. The molecule has 0 fully saturated rings. The number of para-hydroxylation sites is 3. The van der Waals surface area contributed by atoms with E-state index in [0.29, 0.717) is 0 Å². The second-order valence-electron chi connectivity index (χ2n) is 20.1. The van der Waals surface area contributed by atoms with Gasteiger partial charge >= 0.3 is 0 Å². The van der Waals surface area contributed by atoms with Crippen LogP contribution in [0.3, 0.4) is 0 Å². The Kier molecular flexibility index (Phi) is 9.73. The molecule has 0 saturated carbocycles. The first-order chi connectivity index (χ1) is 34.7. The van der Waals surface area contributed by atoms with Gasteiger partial charge in [0.15, 0.2) is 0 Å². The smallest absolute Gasteiger partial charge is 0.119 e. The standard InChI is InChI=1S/C67H53N3O/c1-66(2)59-25-15-12-22-52(59)54-36-31-49(42-61(54)66)68(45-18-8-6-9-19-45)48-33-39-64(69(46-20-10-7-11-21-46)47-29-34-51(71-5)35-30-47)57(41-48)44-28-38-65-58(40-44)56-24-14-17-27-63(56)70(65)50-32-37-55-53-23-13-16-26-60(53)67(3,4)62(55)43-50/h6-43H,1-5H3. The van der Waals surface area contributed by atoms with Crippen LogP contribution < -0.4 is 14.5 Å². The molecule has 71 heavy (non-hydrogen) atoms. The monoisotopic (exact) mass is 915 g/mol. The second kappa shape index (κ2) is 16.3. The highest BCUT2D eigenvalue weighted by Gasteiger charge is 2.37. The van der Waals surface area contributed by atoms with Crippen LogP contribution in [0, 0.1) is 0 Å². The maximum Gasteiger partial charge on any atom is 0.119 e. The highest BCUT2D eigenvalue weighted by Crippen LogP contribution is 2.53. The summed E-state index contributed by atoms with van der Waals surface area (Å²) in [5.41, 5.74) is 22.6. The van der Waals surface area contributed by atoms with Crippen molar-refractivity contribution in [2.24, 2.45) is 0 Å². The van der Waals surface area contributed by atoms with Crippen molar-refractivity contribution in [3.05, 3.63) is 253 Å². The van der Waals surface area contributed by atoms with E-state index < -0.39 is 0 Å². The molecular formula is C67H53N3O. The van der Waals surface area contributed by atoms with Crippen LogP contribution in [0.1, 0.15) is 49.9 Å². The van der Waals surface area contributed by atoms with Gasteiger partial charge in [-0.05, 0) is 159 Å². The quantitative estimate of drug-likeness (QED) is 0.144. The highest BCUT2D eigenvalue weighted by molar-refractivity contribution is 6.11. The zero-order valence-corrected chi connectivity index (χ0v) is 40.7. The molecular weight excluding hydrogens is 863 g/mol. The van der Waals surface area contributed by atoms with Gasteiger partial charge in [-0.1, -0.05) is 149 Å². The molecule has 4 heteroatoms. The molecule has 1 aromatic heterocycles. The van der Waals surface area contributed by atoms with E-state index in [0.717, 1.165) is 51.0 Å². The summed E-state index contributed by atoms with van der Waals surface area (Å²) in [6.07, 6.45) is 0. The zero-order valence-electron chi connectivity index (χ0n) is 40.7. The molecule has 0 N–H and O–H groups in total. The predicted molar refractivity (Wildman–Crippen MR) is 297 cm³/mol. The van der Waals surface area contributed by atoms with E-state index in [1.165, 1.54) is 72.0 Å². The van der Waals surface area contributed by atoms with Gasteiger partial charge in [-0.15, -0.1) is 0 Å². The maximum absolute atomic E-state index is 5.67. The van der Waals surface area contributed by atoms with Gasteiger partial charge < -0.3 is 19.1 Å². The van der Waals surface area contributed by atoms with Crippen molar-refractivity contribution in [1.29, 1.82) is 0 Å². The van der Waals surface area contributed by atoms with Crippen molar-refractivity contribution < 1.29 is 4.74 Å². The molecule has 0 aliphatic heterocycles. The fourth-order valence-electron chi connectivity index (χ4n) is 11.9. The van der Waals surface area contributed by atoms with Crippen molar-refractivity contribution in [2.45, 2.75) is 38.5 Å². The molecule has 2 aliphatic rings. The van der Waals surface area contributed by atoms with E-state index in [2.05, 4.69) is 260 Å². The van der Waals surface area contributed by atoms with Crippen molar-refractivity contribution in [3.8, 4) is 44.8 Å². The number of anilines is 6. The lowest BCUT2D eigenvalue weighted by molar-refractivity contribution is 0.415. The van der Waals surface area contributed by atoms with E-state index in [-0.39, 0.29) is 10.8 Å². The van der Waals surface area contributed by atoms with Crippen LogP contribution >= 0.6 is 0 Å². The van der Waals surface area contributed by atoms with Crippen molar-refractivity contribution in [1.82, 2.24) is 4.57 Å². The Hall–Kier alpha value is -8.60. The number of hydrogen-bond donors (Lipinski definition) is 0. The molecule has 11 aromatic rings. The number of hydrogen-bond acceptors (Lipinski definition) is 3. The minimum absolute atomic E-state index is 0.113. The van der Waals surface area contributed by atoms with E-state index in [4.69, 9.17) is 4.74 Å². The van der Waals surface area contributed by atoms with Crippen LogP contribution in [0.4, 0.5) is 34.1 Å². The SMILES string of the molecule is COc1ccc(N(c2ccccc2)c2ccc(N(c3ccccc3)c3ccc4c(c3)C(C)(C)c3ccccc3-4)cc2-c2ccc3c(c2)c2ccccc2n3-c2ccc3c(c2)C(C)(C)c2ccccc2-3)cc1. The van der Waals surface area contributed by atoms with Gasteiger partial charge in [0.1, 0.15) is 5.75 Å². The molecule has 13 rings (SSSR count). The number of fused-ring (bicyclic) bond motifs is 9. The Bertz CT molecular complexity index is 3860. The summed E-state index contributed by atoms with van der Waals surface area (Å²) in [4.78, 5) is 4.79. The van der Waals surface area contributed by atoms with Crippen LogP contribution in [0.5, 0.6) is 5.75 Å². The third kappa shape index (κ3) is 6.66. The van der Waals surface area contributed by atoms with Crippen molar-refractivity contribution >= 4 is 55.9 Å². The van der Waals surface area contributed by atoms with Crippen molar-refractivity contribution in [2.75, 3.05) is 16.9 Å². The predicted octanol–water partition coefficient (Wildman–Crippen LogP) is 18.0. The molecule has 4 nitrogen and oxygen atoms in total. The Balaban J connectivity index is 1.03. The Morgan fingerprint density at radius 3 is 1.54 bits per heavy atom. The molecule has 10 aromatic carbocycles. The molecule has 0 atom stereocenters. The average Bonchev–Trinajstić information content (AvgIpc) is 3.96. The molecule has 0 radical (unpaired) electrons. The average molecular weight is 916 g/mol. The van der Waals surface area contributed by atoms with Gasteiger partial charge in [-0.2, -0.15) is 0 Å². The molecule has 2 aliphatic carbocycles. The van der Waals surface area contributed by atoms with Gasteiger partial charge in [-0.3, -0.25) is 0 Å². The lowest BCUT2D eigenvalue weighted by atomic mass is 9.82. The first-order valence-corrected chi connectivity index (χ1v) is 24.7. The minimum Gasteiger partial charge on any atom is -0.497 e. The third-order valence-electron chi connectivity index (χ3n) is 15.5. The van der Waals surface area contributed by atoms with Gasteiger partial charge in [0.25, 0.3) is 0 Å². The van der Waals surface area contributed by atoms with Crippen LogP contribution in [-0.4, -0.2) is 11.7 Å². The number of rotatable bonds is 9. The van der Waals surface area contributed by atoms with Crippen LogP contribution in [0.2, 0.25) is 0 Å². The molecule has 0 amide bonds. The van der Waals surface area contributed by atoms with Crippen molar-refractivity contribution in [3.63, 3.8) is 0 Å². The topological polar surface area (TPSA) is 20.6 Å². The normalized spacial score (nSPS) is 13.6. The summed E-state index contributed by atoms with van der Waals surface area (Å²) in [5.74, 6) is 0.815. The van der Waals surface area contributed by atoms with E-state index in [1.807, 2.05) is 12.1 Å². The summed E-state index contributed by atoms with van der Waals surface area (Å²) < 4.78 is 8.13. The van der Waals surface area contributed by atoms with Gasteiger partial charge in [0.05, 0.1) is 23.8 Å². The third-order valence-corrected chi connectivity index (χ3v) is 15.5. The summed E-state index contributed by atoms with van der Waals surface area (Å²) in [7, 11) is 1.72. The van der Waals surface area contributed by atoms with E-state index in [1.54, 1.807) is 7.11 Å².